The van der Waals surface area contributed by atoms with Crippen molar-refractivity contribution in [2.45, 2.75) is 25.1 Å². The molecule has 3 rings (SSSR count). The first-order valence-electron chi connectivity index (χ1n) is 8.34. The Labute approximate surface area is 149 Å². The van der Waals surface area contributed by atoms with Crippen LogP contribution in [0.2, 0.25) is 0 Å². The highest BCUT2D eigenvalue weighted by atomic mass is 19.4. The highest BCUT2D eigenvalue weighted by Gasteiger charge is 2.36. The first kappa shape index (κ1) is 18.4. The number of amides is 1. The average Bonchev–Trinajstić information content (AvgIpc) is 2.96. The van der Waals surface area contributed by atoms with Crippen LogP contribution in [0.15, 0.2) is 48.8 Å². The molecule has 0 spiro atoms. The predicted molar refractivity (Wildman–Crippen MR) is 89.2 cm³/mol. The van der Waals surface area contributed by atoms with Crippen molar-refractivity contribution in [1.29, 1.82) is 0 Å². The molecule has 2 atom stereocenters. The fourth-order valence-corrected chi connectivity index (χ4v) is 3.31. The van der Waals surface area contributed by atoms with E-state index < -0.39 is 23.8 Å². The highest BCUT2D eigenvalue weighted by molar-refractivity contribution is 5.79. The van der Waals surface area contributed by atoms with Crippen molar-refractivity contribution in [2.75, 3.05) is 13.1 Å². The summed E-state index contributed by atoms with van der Waals surface area (Å²) in [5.41, 5.74) is 0.166. The van der Waals surface area contributed by atoms with Crippen LogP contribution < -0.4 is 0 Å². The molecule has 1 fully saturated rings. The molecular formula is C19H19F3N2O2. The summed E-state index contributed by atoms with van der Waals surface area (Å²) in [6.07, 6.45) is -1.60. The van der Waals surface area contributed by atoms with E-state index in [0.717, 1.165) is 11.6 Å². The molecule has 1 aromatic heterocycles. The zero-order valence-electron chi connectivity index (χ0n) is 14.0. The molecule has 1 aliphatic heterocycles. The summed E-state index contributed by atoms with van der Waals surface area (Å²) in [4.78, 5) is 17.9. The molecule has 1 N–H and O–H groups in total. The summed E-state index contributed by atoms with van der Waals surface area (Å²) >= 11 is 0. The van der Waals surface area contributed by atoms with Crippen molar-refractivity contribution >= 4 is 5.91 Å². The maximum atomic E-state index is 13.1. The van der Waals surface area contributed by atoms with Gasteiger partial charge in [-0.2, -0.15) is 13.2 Å². The molecule has 1 saturated heterocycles. The van der Waals surface area contributed by atoms with Crippen LogP contribution in [0.3, 0.4) is 0 Å². The number of aliphatic hydroxyl groups is 1. The highest BCUT2D eigenvalue weighted by Crippen LogP contribution is 2.32. The third-order valence-corrected chi connectivity index (χ3v) is 4.67. The number of alkyl halides is 3. The molecule has 1 aromatic carbocycles. The minimum absolute atomic E-state index is 0.0444. The van der Waals surface area contributed by atoms with Crippen LogP contribution in [0.5, 0.6) is 0 Å². The number of hydrogen-bond donors (Lipinski definition) is 1. The smallest absolute Gasteiger partial charge is 0.391 e. The lowest BCUT2D eigenvalue weighted by Gasteiger charge is -2.18. The summed E-state index contributed by atoms with van der Waals surface area (Å²) in [6, 6.07) is 8.78. The maximum absolute atomic E-state index is 13.1. The van der Waals surface area contributed by atoms with Crippen LogP contribution in [-0.4, -0.2) is 40.1 Å². The molecular weight excluding hydrogens is 345 g/mol. The number of likely N-dealkylation sites (tertiary alicyclic amines) is 1. The number of benzene rings is 1. The summed E-state index contributed by atoms with van der Waals surface area (Å²) < 4.78 is 39.2. The van der Waals surface area contributed by atoms with Gasteiger partial charge in [-0.15, -0.1) is 0 Å². The van der Waals surface area contributed by atoms with Crippen LogP contribution in [0.1, 0.15) is 16.7 Å². The van der Waals surface area contributed by atoms with Gasteiger partial charge >= 0.3 is 6.18 Å². The maximum Gasteiger partial charge on any atom is 0.416 e. The number of carbonyl (C=O) groups is 1. The van der Waals surface area contributed by atoms with E-state index in [-0.39, 0.29) is 24.4 Å². The SMILES string of the molecule is O=C(Cc1ccccc1C(F)(F)F)N1C[C@@H](Cc2ccncc2)[C@H](O)C1. The monoisotopic (exact) mass is 364 g/mol. The number of aromatic nitrogens is 1. The number of aliphatic hydroxyl groups excluding tert-OH is 1. The number of carbonyl (C=O) groups excluding carboxylic acids is 1. The predicted octanol–water partition coefficient (Wildman–Crippen LogP) is 2.70. The first-order valence-corrected chi connectivity index (χ1v) is 8.34. The van der Waals surface area contributed by atoms with E-state index in [2.05, 4.69) is 4.98 Å². The van der Waals surface area contributed by atoms with Gasteiger partial charge in [-0.1, -0.05) is 18.2 Å². The van der Waals surface area contributed by atoms with E-state index in [1.54, 1.807) is 12.4 Å². The largest absolute Gasteiger partial charge is 0.416 e. The Morgan fingerprint density at radius 2 is 1.85 bits per heavy atom. The summed E-state index contributed by atoms with van der Waals surface area (Å²) in [5.74, 6) is -0.544. The third-order valence-electron chi connectivity index (χ3n) is 4.67. The van der Waals surface area contributed by atoms with E-state index in [1.165, 1.54) is 23.1 Å². The van der Waals surface area contributed by atoms with E-state index >= 15 is 0 Å². The van der Waals surface area contributed by atoms with Gasteiger partial charge in [0.05, 0.1) is 18.1 Å². The molecule has 2 heterocycles. The zero-order chi connectivity index (χ0) is 18.7. The topological polar surface area (TPSA) is 53.4 Å². The lowest BCUT2D eigenvalue weighted by atomic mass is 9.97. The molecule has 0 radical (unpaired) electrons. The fraction of sp³-hybridized carbons (Fsp3) is 0.368. The van der Waals surface area contributed by atoms with Crippen molar-refractivity contribution in [3.8, 4) is 0 Å². The Morgan fingerprint density at radius 1 is 1.15 bits per heavy atom. The Kier molecular flexibility index (Phi) is 5.27. The van der Waals surface area contributed by atoms with Crippen molar-refractivity contribution in [3.63, 3.8) is 0 Å². The summed E-state index contributed by atoms with van der Waals surface area (Å²) in [7, 11) is 0. The number of halogens is 3. The van der Waals surface area contributed by atoms with E-state index in [9.17, 15) is 23.1 Å². The van der Waals surface area contributed by atoms with Crippen molar-refractivity contribution < 1.29 is 23.1 Å². The second kappa shape index (κ2) is 7.45. The van der Waals surface area contributed by atoms with Crippen LogP contribution in [0.25, 0.3) is 0 Å². The van der Waals surface area contributed by atoms with Gasteiger partial charge in [0.25, 0.3) is 0 Å². The third kappa shape index (κ3) is 4.22. The van der Waals surface area contributed by atoms with Crippen molar-refractivity contribution in [3.05, 3.63) is 65.5 Å². The van der Waals surface area contributed by atoms with Gasteiger partial charge in [-0.05, 0) is 35.7 Å². The van der Waals surface area contributed by atoms with Gasteiger partial charge in [-0.3, -0.25) is 9.78 Å². The molecule has 4 nitrogen and oxygen atoms in total. The molecule has 0 bridgehead atoms. The second-order valence-electron chi connectivity index (χ2n) is 6.52. The Bertz CT molecular complexity index is 765. The molecule has 1 amide bonds. The molecule has 2 aromatic rings. The van der Waals surface area contributed by atoms with E-state index in [1.807, 2.05) is 12.1 Å². The van der Waals surface area contributed by atoms with Gasteiger partial charge in [0, 0.05) is 31.4 Å². The van der Waals surface area contributed by atoms with Crippen LogP contribution >= 0.6 is 0 Å². The number of nitrogens with zero attached hydrogens (tertiary/aromatic N) is 2. The van der Waals surface area contributed by atoms with Gasteiger partial charge in [0.2, 0.25) is 5.91 Å². The average molecular weight is 364 g/mol. The molecule has 0 aliphatic carbocycles. The Hall–Kier alpha value is -2.41. The molecule has 0 saturated carbocycles. The van der Waals surface area contributed by atoms with E-state index in [4.69, 9.17) is 0 Å². The molecule has 1 aliphatic rings. The van der Waals surface area contributed by atoms with Crippen molar-refractivity contribution in [2.24, 2.45) is 5.92 Å². The van der Waals surface area contributed by atoms with Crippen molar-refractivity contribution in [1.82, 2.24) is 9.88 Å². The number of β-amino-alcohol motifs (C(OH)–C–C–N with tert-alkyl or cyclic N) is 1. The normalized spacial score (nSPS) is 20.4. The fourth-order valence-electron chi connectivity index (χ4n) is 3.31. The minimum Gasteiger partial charge on any atom is -0.391 e. The molecule has 138 valence electrons. The van der Waals surface area contributed by atoms with Crippen LogP contribution in [0.4, 0.5) is 13.2 Å². The van der Waals surface area contributed by atoms with Crippen LogP contribution in [0, 0.1) is 5.92 Å². The summed E-state index contributed by atoms with van der Waals surface area (Å²) in [6.45, 7) is 0.472. The number of pyridine rings is 1. The number of hydrogen-bond acceptors (Lipinski definition) is 3. The summed E-state index contributed by atoms with van der Waals surface area (Å²) in [5, 5.41) is 10.2. The first-order chi connectivity index (χ1) is 12.3. The molecule has 26 heavy (non-hydrogen) atoms. The lowest BCUT2D eigenvalue weighted by molar-refractivity contribution is -0.138. The number of rotatable bonds is 4. The van der Waals surface area contributed by atoms with E-state index in [0.29, 0.717) is 13.0 Å². The Balaban J connectivity index is 1.67. The van der Waals surface area contributed by atoms with Gasteiger partial charge in [-0.25, -0.2) is 0 Å². The van der Waals surface area contributed by atoms with Gasteiger partial charge < -0.3 is 10.0 Å². The quantitative estimate of drug-likeness (QED) is 0.908. The zero-order valence-corrected chi connectivity index (χ0v) is 14.0. The van der Waals surface area contributed by atoms with Gasteiger partial charge in [0.15, 0.2) is 0 Å². The van der Waals surface area contributed by atoms with Gasteiger partial charge in [0.1, 0.15) is 0 Å². The molecule has 0 unspecified atom stereocenters. The lowest BCUT2D eigenvalue weighted by Crippen LogP contribution is -2.31. The molecule has 7 heteroatoms. The minimum atomic E-state index is -4.49. The second-order valence-corrected chi connectivity index (χ2v) is 6.52. The standard InChI is InChI=1S/C19H19F3N2O2/c20-19(21,22)16-4-2-1-3-14(16)10-18(26)24-11-15(17(25)12-24)9-13-5-7-23-8-6-13/h1-8,15,17,25H,9-12H2/t15-,17-/m1/s1. The van der Waals surface area contributed by atoms with Crippen LogP contribution in [-0.2, 0) is 23.8 Å². The Morgan fingerprint density at radius 3 is 2.54 bits per heavy atom.